The molecule has 160 valence electrons. The Bertz CT molecular complexity index is 693. The zero-order valence-corrected chi connectivity index (χ0v) is 18.5. The van der Waals surface area contributed by atoms with E-state index >= 15 is 0 Å². The third kappa shape index (κ3) is 12.3. The summed E-state index contributed by atoms with van der Waals surface area (Å²) in [5.74, 6) is 2.00. The molecule has 0 aliphatic rings. The molecule has 1 heterocycles. The predicted octanol–water partition coefficient (Wildman–Crippen LogP) is 1.80. The van der Waals surface area contributed by atoms with Crippen LogP contribution >= 0.6 is 29.4 Å². The van der Waals surface area contributed by atoms with E-state index in [2.05, 4.69) is 16.9 Å². The first-order valence-corrected chi connectivity index (χ1v) is 12.1. The number of amides is 1. The Hall–Kier alpha value is -1.14. The van der Waals surface area contributed by atoms with Gasteiger partial charge in [0.15, 0.2) is 0 Å². The highest BCUT2D eigenvalue weighted by Crippen LogP contribution is 2.35. The fraction of sp³-hybridized carbons (Fsp3) is 0.533. The maximum atomic E-state index is 11.5. The maximum Gasteiger partial charge on any atom is 0.466 e. The largest absolute Gasteiger partial charge is 0.466 e. The summed E-state index contributed by atoms with van der Waals surface area (Å²) >= 11 is 0. The molecule has 1 aromatic heterocycles. The Labute approximate surface area is 172 Å². The van der Waals surface area contributed by atoms with Crippen molar-refractivity contribution in [2.75, 3.05) is 18.1 Å². The van der Waals surface area contributed by atoms with Gasteiger partial charge in [0, 0.05) is 41.1 Å². The summed E-state index contributed by atoms with van der Waals surface area (Å²) in [5.41, 5.74) is 7.43. The van der Waals surface area contributed by atoms with E-state index < -0.39 is 7.82 Å². The van der Waals surface area contributed by atoms with Crippen LogP contribution in [0.1, 0.15) is 38.1 Å². The predicted molar refractivity (Wildman–Crippen MR) is 112 cm³/mol. The molecule has 1 aromatic rings. The number of aromatic nitrogens is 2. The number of phosphoric acid groups is 1. The minimum atomic E-state index is -4.64. The van der Waals surface area contributed by atoms with Crippen molar-refractivity contribution >= 4 is 41.6 Å². The van der Waals surface area contributed by atoms with Crippen LogP contribution in [0.2, 0.25) is 0 Å². The lowest BCUT2D eigenvalue weighted by molar-refractivity contribution is -0.116. The van der Waals surface area contributed by atoms with Gasteiger partial charge in [0.1, 0.15) is 11.6 Å². The number of nitrogens with two attached hydrogens (primary N) is 1. The van der Waals surface area contributed by atoms with Crippen LogP contribution in [0.4, 0.5) is 5.82 Å². The Balaban J connectivity index is 0.00000129. The Morgan fingerprint density at radius 2 is 2.00 bits per heavy atom. The second kappa shape index (κ2) is 13.9. The highest BCUT2D eigenvalue weighted by atomic mass is 33.1. The van der Waals surface area contributed by atoms with E-state index in [1.54, 1.807) is 39.6 Å². The molecule has 0 bridgehead atoms. The van der Waals surface area contributed by atoms with Crippen molar-refractivity contribution in [3.05, 3.63) is 28.2 Å². The molecule has 10 nitrogen and oxygen atoms in total. The molecule has 0 atom stereocenters. The topological polar surface area (TPSA) is 170 Å². The van der Waals surface area contributed by atoms with E-state index in [4.69, 9.17) is 25.0 Å². The number of aliphatic hydroxyl groups is 1. The van der Waals surface area contributed by atoms with Crippen LogP contribution in [0.3, 0.4) is 0 Å². The van der Waals surface area contributed by atoms with Crippen LogP contribution in [-0.4, -0.2) is 53.4 Å². The van der Waals surface area contributed by atoms with Gasteiger partial charge in [0.2, 0.25) is 6.41 Å². The zero-order chi connectivity index (χ0) is 21.7. The Kier molecular flexibility index (Phi) is 13.4. The molecule has 13 heteroatoms. The van der Waals surface area contributed by atoms with Gasteiger partial charge in [-0.25, -0.2) is 14.5 Å². The van der Waals surface area contributed by atoms with Gasteiger partial charge in [0.05, 0.1) is 6.54 Å². The molecule has 0 saturated heterocycles. The van der Waals surface area contributed by atoms with E-state index in [1.165, 1.54) is 0 Å². The number of anilines is 1. The van der Waals surface area contributed by atoms with E-state index in [0.29, 0.717) is 30.2 Å². The number of aliphatic hydroxyl groups excluding tert-OH is 1. The first-order valence-electron chi connectivity index (χ1n) is 8.21. The fourth-order valence-electron chi connectivity index (χ4n) is 1.79. The van der Waals surface area contributed by atoms with Crippen LogP contribution in [0.25, 0.3) is 0 Å². The van der Waals surface area contributed by atoms with Crippen LogP contribution < -0.4 is 5.73 Å². The molecule has 0 aliphatic carbocycles. The standard InChI is InChI=1S/C15H24N4O2S2.H3O4P/c1-4-7-22-23-14(5-6-20)11(2)19(10-21)9-13-8-17-12(3)18-15(13)16;1-5(2,3)4/h8,10,20H,4-7,9H2,1-3H3,(H2,16,17,18);(H3,1,2,3,4)/b14-11+;. The number of nitrogen functional groups attached to an aromatic ring is 1. The second-order valence-corrected chi connectivity index (χ2v) is 9.00. The summed E-state index contributed by atoms with van der Waals surface area (Å²) < 4.78 is 8.88. The Morgan fingerprint density at radius 1 is 1.39 bits per heavy atom. The fourth-order valence-corrected chi connectivity index (χ4v) is 4.39. The number of carbonyl (C=O) groups excluding carboxylic acids is 1. The number of aryl methyl sites for hydroxylation is 1. The first kappa shape index (κ1) is 26.9. The summed E-state index contributed by atoms with van der Waals surface area (Å²) in [6.45, 7) is 6.13. The van der Waals surface area contributed by atoms with E-state index in [1.807, 2.05) is 6.92 Å². The third-order valence-electron chi connectivity index (χ3n) is 3.11. The van der Waals surface area contributed by atoms with Crippen LogP contribution in [0, 0.1) is 6.92 Å². The summed E-state index contributed by atoms with van der Waals surface area (Å²) in [6, 6.07) is 0. The highest BCUT2D eigenvalue weighted by molar-refractivity contribution is 8.78. The smallest absolute Gasteiger partial charge is 0.396 e. The molecule has 0 unspecified atom stereocenters. The number of carbonyl (C=O) groups is 1. The minimum absolute atomic E-state index is 0.0504. The van der Waals surface area contributed by atoms with Gasteiger partial charge in [-0.3, -0.25) is 4.79 Å². The lowest BCUT2D eigenvalue weighted by Gasteiger charge is -2.22. The van der Waals surface area contributed by atoms with Crippen molar-refractivity contribution < 1.29 is 29.1 Å². The van der Waals surface area contributed by atoms with Crippen molar-refractivity contribution in [3.8, 4) is 0 Å². The van der Waals surface area contributed by atoms with Gasteiger partial charge in [-0.15, -0.1) is 0 Å². The van der Waals surface area contributed by atoms with Gasteiger partial charge >= 0.3 is 7.82 Å². The monoisotopic (exact) mass is 454 g/mol. The normalized spacial score (nSPS) is 12.0. The lowest BCUT2D eigenvalue weighted by Crippen LogP contribution is -2.21. The van der Waals surface area contributed by atoms with Crippen LogP contribution in [0.15, 0.2) is 16.8 Å². The first-order chi connectivity index (χ1) is 13.0. The molecule has 0 spiro atoms. The summed E-state index contributed by atoms with van der Waals surface area (Å²) in [4.78, 5) is 43.9. The van der Waals surface area contributed by atoms with Crippen molar-refractivity contribution in [3.63, 3.8) is 0 Å². The molecule has 0 aromatic carbocycles. The van der Waals surface area contributed by atoms with Crippen molar-refractivity contribution in [2.45, 2.75) is 40.2 Å². The summed E-state index contributed by atoms with van der Waals surface area (Å²) in [7, 11) is -1.30. The average Bonchev–Trinajstić information content (AvgIpc) is 2.58. The van der Waals surface area contributed by atoms with Crippen molar-refractivity contribution in [1.29, 1.82) is 0 Å². The van der Waals surface area contributed by atoms with E-state index in [0.717, 1.165) is 29.2 Å². The summed E-state index contributed by atoms with van der Waals surface area (Å²) in [6.07, 6.45) is 4.03. The second-order valence-electron chi connectivity index (χ2n) is 5.46. The highest BCUT2D eigenvalue weighted by Gasteiger charge is 2.14. The van der Waals surface area contributed by atoms with Crippen LogP contribution in [-0.2, 0) is 15.9 Å². The molecular weight excluding hydrogens is 427 g/mol. The van der Waals surface area contributed by atoms with Crippen LogP contribution in [0.5, 0.6) is 0 Å². The molecule has 6 N–H and O–H groups in total. The van der Waals surface area contributed by atoms with Crippen molar-refractivity contribution in [1.82, 2.24) is 14.9 Å². The number of rotatable bonds is 10. The zero-order valence-electron chi connectivity index (χ0n) is 16.0. The minimum Gasteiger partial charge on any atom is -0.396 e. The molecule has 1 rings (SSSR count). The molecule has 28 heavy (non-hydrogen) atoms. The number of hydrogen-bond acceptors (Lipinski definition) is 8. The maximum absolute atomic E-state index is 11.5. The molecule has 0 saturated carbocycles. The molecular formula is C15H27N4O6PS2. The Morgan fingerprint density at radius 3 is 2.46 bits per heavy atom. The molecule has 0 aliphatic heterocycles. The third-order valence-corrected chi connectivity index (χ3v) is 5.96. The number of nitrogens with zero attached hydrogens (tertiary/aromatic N) is 3. The lowest BCUT2D eigenvalue weighted by atomic mass is 10.2. The molecule has 1 amide bonds. The van der Waals surface area contributed by atoms with E-state index in [9.17, 15) is 9.90 Å². The SMILES string of the molecule is CCCSS/C(CCO)=C(\C)N(C=O)Cc1cnc(C)nc1N.O=P(O)(O)O. The number of allylic oxidation sites excluding steroid dienone is 1. The van der Waals surface area contributed by atoms with Gasteiger partial charge in [-0.2, -0.15) is 0 Å². The number of hydrogen-bond donors (Lipinski definition) is 5. The molecule has 0 radical (unpaired) electrons. The van der Waals surface area contributed by atoms with Crippen molar-refractivity contribution in [2.24, 2.45) is 0 Å². The molecule has 0 fully saturated rings. The summed E-state index contributed by atoms with van der Waals surface area (Å²) in [5, 5.41) is 9.26. The van der Waals surface area contributed by atoms with Gasteiger partial charge < -0.3 is 30.4 Å². The average molecular weight is 455 g/mol. The van der Waals surface area contributed by atoms with E-state index in [-0.39, 0.29) is 6.61 Å². The van der Waals surface area contributed by atoms with Gasteiger partial charge in [0.25, 0.3) is 0 Å². The van der Waals surface area contributed by atoms with Gasteiger partial charge in [-0.05, 0) is 20.3 Å². The quantitative estimate of drug-likeness (QED) is 0.151. The van der Waals surface area contributed by atoms with Gasteiger partial charge in [-0.1, -0.05) is 28.5 Å².